The van der Waals surface area contributed by atoms with Crippen molar-refractivity contribution in [3.8, 4) is 5.75 Å². The van der Waals surface area contributed by atoms with Crippen molar-refractivity contribution in [1.29, 1.82) is 0 Å². The van der Waals surface area contributed by atoms with E-state index in [1.165, 1.54) is 12.8 Å². The molecule has 0 saturated carbocycles. The molecule has 1 aliphatic heterocycles. The molecule has 18 heavy (non-hydrogen) atoms. The van der Waals surface area contributed by atoms with Crippen LogP contribution in [0.5, 0.6) is 5.75 Å². The van der Waals surface area contributed by atoms with Crippen LogP contribution in [0.2, 0.25) is 0 Å². The molecule has 1 heterocycles. The average molecular weight is 247 g/mol. The molecule has 1 atom stereocenters. The summed E-state index contributed by atoms with van der Waals surface area (Å²) in [6, 6.07) is 7.38. The van der Waals surface area contributed by atoms with Gasteiger partial charge >= 0.3 is 0 Å². The fourth-order valence-electron chi connectivity index (χ4n) is 2.30. The summed E-state index contributed by atoms with van der Waals surface area (Å²) in [7, 11) is 0. The number of carbonyl (C=O) groups excluding carboxylic acids is 1. The van der Waals surface area contributed by atoms with Crippen LogP contribution in [0.4, 0.5) is 0 Å². The summed E-state index contributed by atoms with van der Waals surface area (Å²) in [4.78, 5) is 11.1. The predicted octanol–water partition coefficient (Wildman–Crippen LogP) is 2.66. The number of carbonyl (C=O) groups is 1. The molecule has 1 aromatic carbocycles. The van der Waals surface area contributed by atoms with Crippen LogP contribution in [-0.2, 0) is 0 Å². The van der Waals surface area contributed by atoms with E-state index in [1.54, 1.807) is 6.92 Å². The Morgan fingerprint density at radius 2 is 2.17 bits per heavy atom. The van der Waals surface area contributed by atoms with Crippen LogP contribution in [0.3, 0.4) is 0 Å². The summed E-state index contributed by atoms with van der Waals surface area (Å²) in [6.45, 7) is 4.61. The van der Waals surface area contributed by atoms with Gasteiger partial charge in [0.1, 0.15) is 5.75 Å². The Morgan fingerprint density at radius 1 is 1.39 bits per heavy atom. The van der Waals surface area contributed by atoms with Gasteiger partial charge in [-0.25, -0.2) is 0 Å². The minimum absolute atomic E-state index is 0.0924. The monoisotopic (exact) mass is 247 g/mol. The van der Waals surface area contributed by atoms with Gasteiger partial charge in [-0.2, -0.15) is 0 Å². The maximum atomic E-state index is 11.1. The number of Topliss-reactive ketones (excluding diaryl/α,β-unsaturated/α-hetero) is 1. The molecule has 0 radical (unpaired) electrons. The molecule has 0 aromatic heterocycles. The number of piperidine rings is 1. The topological polar surface area (TPSA) is 38.3 Å². The number of benzene rings is 1. The highest BCUT2D eigenvalue weighted by molar-refractivity contribution is 5.94. The third kappa shape index (κ3) is 3.84. The summed E-state index contributed by atoms with van der Waals surface area (Å²) in [5.74, 6) is 1.69. The molecule has 0 spiro atoms. The molecule has 1 saturated heterocycles. The van der Waals surface area contributed by atoms with E-state index in [-0.39, 0.29) is 5.78 Å². The van der Waals surface area contributed by atoms with E-state index in [0.717, 1.165) is 43.3 Å². The Bertz CT molecular complexity index is 380. The minimum atomic E-state index is 0.0924. The lowest BCUT2D eigenvalue weighted by atomic mass is 9.97. The van der Waals surface area contributed by atoms with Crippen LogP contribution >= 0.6 is 0 Å². The molecule has 3 heteroatoms. The summed E-state index contributed by atoms with van der Waals surface area (Å²) in [5, 5.41) is 3.41. The van der Waals surface area contributed by atoms with E-state index in [1.807, 2.05) is 24.3 Å². The van der Waals surface area contributed by atoms with E-state index in [4.69, 9.17) is 4.74 Å². The molecule has 0 aliphatic carbocycles. The first kappa shape index (κ1) is 13.1. The highest BCUT2D eigenvalue weighted by atomic mass is 16.5. The lowest BCUT2D eigenvalue weighted by Gasteiger charge is -2.22. The van der Waals surface area contributed by atoms with Gasteiger partial charge in [0.15, 0.2) is 5.78 Å². The first-order valence-corrected chi connectivity index (χ1v) is 6.70. The number of ketones is 1. The zero-order chi connectivity index (χ0) is 12.8. The van der Waals surface area contributed by atoms with Crippen molar-refractivity contribution in [2.75, 3.05) is 19.7 Å². The van der Waals surface area contributed by atoms with Crippen molar-refractivity contribution >= 4 is 5.78 Å². The summed E-state index contributed by atoms with van der Waals surface area (Å²) < 4.78 is 5.70. The van der Waals surface area contributed by atoms with Gasteiger partial charge in [0, 0.05) is 5.56 Å². The van der Waals surface area contributed by atoms with Crippen molar-refractivity contribution in [2.45, 2.75) is 26.2 Å². The fraction of sp³-hybridized carbons (Fsp3) is 0.533. The Hall–Kier alpha value is -1.35. The number of hydrogen-bond donors (Lipinski definition) is 1. The van der Waals surface area contributed by atoms with Crippen molar-refractivity contribution in [2.24, 2.45) is 5.92 Å². The number of nitrogens with one attached hydrogen (secondary N) is 1. The smallest absolute Gasteiger partial charge is 0.159 e. The molecule has 1 N–H and O–H groups in total. The van der Waals surface area contributed by atoms with Gasteiger partial charge in [-0.05, 0) is 69.5 Å². The molecule has 3 nitrogen and oxygen atoms in total. The van der Waals surface area contributed by atoms with Crippen molar-refractivity contribution in [1.82, 2.24) is 5.32 Å². The normalized spacial score (nSPS) is 19.5. The van der Waals surface area contributed by atoms with Crippen molar-refractivity contribution < 1.29 is 9.53 Å². The van der Waals surface area contributed by atoms with Crippen LogP contribution in [0.25, 0.3) is 0 Å². The average Bonchev–Trinajstić information content (AvgIpc) is 2.40. The van der Waals surface area contributed by atoms with Gasteiger partial charge in [-0.1, -0.05) is 0 Å². The van der Waals surface area contributed by atoms with Crippen molar-refractivity contribution in [3.63, 3.8) is 0 Å². The first-order valence-electron chi connectivity index (χ1n) is 6.70. The van der Waals surface area contributed by atoms with Gasteiger partial charge < -0.3 is 10.1 Å². The van der Waals surface area contributed by atoms with Gasteiger partial charge in [0.25, 0.3) is 0 Å². The molecule has 2 rings (SSSR count). The summed E-state index contributed by atoms with van der Waals surface area (Å²) >= 11 is 0. The molecule has 0 unspecified atom stereocenters. The molecular weight excluding hydrogens is 226 g/mol. The largest absolute Gasteiger partial charge is 0.494 e. The van der Waals surface area contributed by atoms with E-state index < -0.39 is 0 Å². The molecule has 1 aromatic rings. The second-order valence-corrected chi connectivity index (χ2v) is 4.93. The molecule has 1 fully saturated rings. The Morgan fingerprint density at radius 3 is 2.78 bits per heavy atom. The summed E-state index contributed by atoms with van der Waals surface area (Å²) in [6.07, 6.45) is 3.68. The number of hydrogen-bond acceptors (Lipinski definition) is 3. The number of ether oxygens (including phenoxy) is 1. The SMILES string of the molecule is CC(=O)c1ccc(OCC[C@H]2CCCNC2)cc1. The maximum Gasteiger partial charge on any atom is 0.159 e. The zero-order valence-corrected chi connectivity index (χ0v) is 10.9. The molecular formula is C15H21NO2. The molecule has 0 amide bonds. The quantitative estimate of drug-likeness (QED) is 0.813. The van der Waals surface area contributed by atoms with Crippen LogP contribution in [0.1, 0.15) is 36.5 Å². The van der Waals surface area contributed by atoms with Crippen molar-refractivity contribution in [3.05, 3.63) is 29.8 Å². The maximum absolute atomic E-state index is 11.1. The van der Waals surface area contributed by atoms with E-state index in [2.05, 4.69) is 5.32 Å². The zero-order valence-electron chi connectivity index (χ0n) is 10.9. The van der Waals surface area contributed by atoms with E-state index in [0.29, 0.717) is 0 Å². The lowest BCUT2D eigenvalue weighted by Crippen LogP contribution is -2.30. The Balaban J connectivity index is 1.74. The highest BCUT2D eigenvalue weighted by Crippen LogP contribution is 2.16. The second-order valence-electron chi connectivity index (χ2n) is 4.93. The fourth-order valence-corrected chi connectivity index (χ4v) is 2.30. The Labute approximate surface area is 109 Å². The Kier molecular flexibility index (Phi) is 4.76. The van der Waals surface area contributed by atoms with Crippen LogP contribution in [0, 0.1) is 5.92 Å². The lowest BCUT2D eigenvalue weighted by molar-refractivity contribution is 0.101. The number of rotatable bonds is 5. The van der Waals surface area contributed by atoms with Crippen LogP contribution in [0.15, 0.2) is 24.3 Å². The third-order valence-corrected chi connectivity index (χ3v) is 3.45. The van der Waals surface area contributed by atoms with Crippen LogP contribution in [-0.4, -0.2) is 25.5 Å². The van der Waals surface area contributed by atoms with E-state index >= 15 is 0 Å². The van der Waals surface area contributed by atoms with Gasteiger partial charge in [-0.3, -0.25) is 4.79 Å². The predicted molar refractivity (Wildman–Crippen MR) is 72.2 cm³/mol. The van der Waals surface area contributed by atoms with Gasteiger partial charge in [0.05, 0.1) is 6.61 Å². The van der Waals surface area contributed by atoms with E-state index in [9.17, 15) is 4.79 Å². The second kappa shape index (κ2) is 6.55. The first-order chi connectivity index (χ1) is 8.75. The standard InChI is InChI=1S/C15H21NO2/c1-12(17)14-4-6-15(7-5-14)18-10-8-13-3-2-9-16-11-13/h4-7,13,16H,2-3,8-11H2,1H3/t13-/m1/s1. The summed E-state index contributed by atoms with van der Waals surface area (Å²) in [5.41, 5.74) is 0.735. The molecule has 0 bridgehead atoms. The molecule has 1 aliphatic rings. The third-order valence-electron chi connectivity index (χ3n) is 3.45. The minimum Gasteiger partial charge on any atom is -0.494 e. The highest BCUT2D eigenvalue weighted by Gasteiger charge is 2.12. The van der Waals surface area contributed by atoms with Gasteiger partial charge in [-0.15, -0.1) is 0 Å². The van der Waals surface area contributed by atoms with Crippen LogP contribution < -0.4 is 10.1 Å². The van der Waals surface area contributed by atoms with Gasteiger partial charge in [0.2, 0.25) is 0 Å². The molecule has 98 valence electrons.